The Morgan fingerprint density at radius 3 is 2.48 bits per heavy atom. The summed E-state index contributed by atoms with van der Waals surface area (Å²) in [5.41, 5.74) is 3.49. The van der Waals surface area contributed by atoms with Crippen LogP contribution in [0.3, 0.4) is 0 Å². The van der Waals surface area contributed by atoms with E-state index in [9.17, 15) is 9.90 Å². The second kappa shape index (κ2) is 8.21. The Balaban J connectivity index is 2.09. The summed E-state index contributed by atoms with van der Waals surface area (Å²) in [4.78, 5) is 18.0. The molecule has 1 heterocycles. The number of nitrogens with zero attached hydrogens (tertiary/aromatic N) is 2. The lowest BCUT2D eigenvalue weighted by Gasteiger charge is -2.17. The number of hydrogen-bond acceptors (Lipinski definition) is 3. The van der Waals surface area contributed by atoms with E-state index in [4.69, 9.17) is 4.98 Å². The van der Waals surface area contributed by atoms with Crippen LogP contribution < -0.4 is 5.56 Å². The van der Waals surface area contributed by atoms with Crippen LogP contribution in [0.25, 0.3) is 11.4 Å². The molecular formula is C23H26N2O2. The monoisotopic (exact) mass is 362 g/mol. The van der Waals surface area contributed by atoms with Crippen molar-refractivity contribution in [2.24, 2.45) is 5.92 Å². The lowest BCUT2D eigenvalue weighted by atomic mass is 10.0. The number of aryl methyl sites for hydroxylation is 2. The smallest absolute Gasteiger partial charge is 0.257 e. The normalized spacial score (nSPS) is 11.1. The van der Waals surface area contributed by atoms with Gasteiger partial charge in [0.15, 0.2) is 0 Å². The van der Waals surface area contributed by atoms with E-state index in [1.807, 2.05) is 31.2 Å². The van der Waals surface area contributed by atoms with Crippen LogP contribution in [0.15, 0.2) is 59.4 Å². The van der Waals surface area contributed by atoms with Crippen molar-refractivity contribution in [3.8, 4) is 17.1 Å². The molecule has 4 heteroatoms. The van der Waals surface area contributed by atoms with Crippen LogP contribution in [-0.2, 0) is 19.4 Å². The van der Waals surface area contributed by atoms with Crippen molar-refractivity contribution in [3.05, 3.63) is 81.8 Å². The highest BCUT2D eigenvalue weighted by molar-refractivity contribution is 5.58. The number of aromatic nitrogens is 2. The van der Waals surface area contributed by atoms with Crippen LogP contribution in [0.4, 0.5) is 0 Å². The maximum atomic E-state index is 13.3. The Morgan fingerprint density at radius 1 is 1.07 bits per heavy atom. The van der Waals surface area contributed by atoms with E-state index in [1.165, 1.54) is 5.56 Å². The molecule has 0 radical (unpaired) electrons. The Bertz CT molecular complexity index is 975. The van der Waals surface area contributed by atoms with Gasteiger partial charge >= 0.3 is 0 Å². The number of phenolic OH excluding ortho intramolecular Hbond substituents is 1. The summed E-state index contributed by atoms with van der Waals surface area (Å²) in [5, 5.41) is 9.87. The zero-order valence-corrected chi connectivity index (χ0v) is 16.1. The molecule has 0 aliphatic rings. The number of aromatic hydroxyl groups is 1. The van der Waals surface area contributed by atoms with Gasteiger partial charge in [-0.1, -0.05) is 56.3 Å². The van der Waals surface area contributed by atoms with E-state index < -0.39 is 0 Å². The molecule has 0 saturated carbocycles. The van der Waals surface area contributed by atoms with Gasteiger partial charge < -0.3 is 5.11 Å². The molecule has 27 heavy (non-hydrogen) atoms. The first-order valence-corrected chi connectivity index (χ1v) is 9.39. The van der Waals surface area contributed by atoms with Gasteiger partial charge in [-0.2, -0.15) is 0 Å². The highest BCUT2D eigenvalue weighted by atomic mass is 16.3. The molecule has 1 N–H and O–H groups in total. The number of rotatable bonds is 6. The number of phenols is 1. The zero-order chi connectivity index (χ0) is 19.4. The van der Waals surface area contributed by atoms with Crippen molar-refractivity contribution < 1.29 is 5.11 Å². The van der Waals surface area contributed by atoms with E-state index in [-0.39, 0.29) is 11.3 Å². The van der Waals surface area contributed by atoms with E-state index in [0.717, 1.165) is 23.2 Å². The maximum Gasteiger partial charge on any atom is 0.257 e. The molecule has 4 nitrogen and oxygen atoms in total. The van der Waals surface area contributed by atoms with Crippen molar-refractivity contribution >= 4 is 0 Å². The Hall–Kier alpha value is -2.88. The molecule has 140 valence electrons. The summed E-state index contributed by atoms with van der Waals surface area (Å²) in [5.74, 6) is 1.16. The molecule has 0 spiro atoms. The molecule has 2 aromatic carbocycles. The fourth-order valence-corrected chi connectivity index (χ4v) is 3.30. The van der Waals surface area contributed by atoms with Crippen molar-refractivity contribution in [1.29, 1.82) is 0 Å². The van der Waals surface area contributed by atoms with E-state index in [2.05, 4.69) is 26.0 Å². The lowest BCUT2D eigenvalue weighted by molar-refractivity contribution is 0.475. The third-order valence-corrected chi connectivity index (χ3v) is 4.65. The van der Waals surface area contributed by atoms with Gasteiger partial charge in [0.2, 0.25) is 0 Å². The highest BCUT2D eigenvalue weighted by Crippen LogP contribution is 2.22. The third kappa shape index (κ3) is 4.45. The largest absolute Gasteiger partial charge is 0.508 e. The first-order valence-electron chi connectivity index (χ1n) is 9.39. The highest BCUT2D eigenvalue weighted by Gasteiger charge is 2.16. The van der Waals surface area contributed by atoms with Crippen LogP contribution in [0.2, 0.25) is 0 Å². The van der Waals surface area contributed by atoms with Crippen LogP contribution in [0.5, 0.6) is 5.75 Å². The van der Waals surface area contributed by atoms with Gasteiger partial charge in [-0.25, -0.2) is 4.98 Å². The topological polar surface area (TPSA) is 55.1 Å². The van der Waals surface area contributed by atoms with Crippen LogP contribution in [0.1, 0.15) is 30.7 Å². The van der Waals surface area contributed by atoms with Crippen molar-refractivity contribution in [2.75, 3.05) is 0 Å². The summed E-state index contributed by atoms with van der Waals surface area (Å²) < 4.78 is 1.76. The summed E-state index contributed by atoms with van der Waals surface area (Å²) >= 11 is 0. The summed E-state index contributed by atoms with van der Waals surface area (Å²) in [7, 11) is 0. The van der Waals surface area contributed by atoms with E-state index in [1.54, 1.807) is 22.8 Å². The minimum absolute atomic E-state index is 0.0190. The van der Waals surface area contributed by atoms with Crippen molar-refractivity contribution in [3.63, 3.8) is 0 Å². The second-order valence-corrected chi connectivity index (χ2v) is 7.34. The Kier molecular flexibility index (Phi) is 5.75. The molecule has 0 aliphatic heterocycles. The van der Waals surface area contributed by atoms with Crippen molar-refractivity contribution in [2.45, 2.75) is 40.2 Å². The van der Waals surface area contributed by atoms with Gasteiger partial charge in [-0.3, -0.25) is 9.36 Å². The molecule has 0 atom stereocenters. The van der Waals surface area contributed by atoms with Gasteiger partial charge in [-0.05, 0) is 43.4 Å². The van der Waals surface area contributed by atoms with Crippen LogP contribution in [-0.4, -0.2) is 14.7 Å². The third-order valence-electron chi connectivity index (χ3n) is 4.65. The first-order chi connectivity index (χ1) is 13.0. The maximum absolute atomic E-state index is 13.3. The Labute approximate surface area is 160 Å². The fraction of sp³-hybridized carbons (Fsp3) is 0.304. The molecule has 0 bridgehead atoms. The van der Waals surface area contributed by atoms with Crippen LogP contribution >= 0.6 is 0 Å². The predicted octanol–water partition coefficient (Wildman–Crippen LogP) is 4.37. The molecule has 0 unspecified atom stereocenters. The average Bonchev–Trinajstić information content (AvgIpc) is 2.64. The molecule has 3 aromatic rings. The molecule has 0 amide bonds. The molecule has 0 saturated heterocycles. The molecular weight excluding hydrogens is 336 g/mol. The van der Waals surface area contributed by atoms with Crippen LogP contribution in [0, 0.1) is 12.8 Å². The predicted molar refractivity (Wildman–Crippen MR) is 109 cm³/mol. The lowest BCUT2D eigenvalue weighted by Crippen LogP contribution is -2.29. The molecule has 0 fully saturated rings. The quantitative estimate of drug-likeness (QED) is 0.709. The van der Waals surface area contributed by atoms with Crippen molar-refractivity contribution in [1.82, 2.24) is 9.55 Å². The molecule has 0 aliphatic carbocycles. The minimum Gasteiger partial charge on any atom is -0.508 e. The van der Waals surface area contributed by atoms with Gasteiger partial charge in [0.25, 0.3) is 5.56 Å². The van der Waals surface area contributed by atoms with Gasteiger partial charge in [0.05, 0.1) is 0 Å². The van der Waals surface area contributed by atoms with Gasteiger partial charge in [0.1, 0.15) is 11.6 Å². The Morgan fingerprint density at radius 2 is 1.81 bits per heavy atom. The molecule has 1 aromatic heterocycles. The molecule has 3 rings (SSSR count). The van der Waals surface area contributed by atoms with E-state index in [0.29, 0.717) is 24.7 Å². The summed E-state index contributed by atoms with van der Waals surface area (Å²) in [6.07, 6.45) is 1.46. The number of hydrogen-bond donors (Lipinski definition) is 1. The summed E-state index contributed by atoms with van der Waals surface area (Å²) in [6, 6.07) is 17.1. The standard InChI is InChI=1S/C23H26N2O2/c1-16(2)14-21-17(3)24-22(19-10-7-11-20(26)15-19)25(23(21)27)13-12-18-8-5-4-6-9-18/h4-11,15-16,26H,12-14H2,1-3H3. The first kappa shape index (κ1) is 18.9. The van der Waals surface area contributed by atoms with Gasteiger partial charge in [0, 0.05) is 23.4 Å². The van der Waals surface area contributed by atoms with Gasteiger partial charge in [-0.15, -0.1) is 0 Å². The number of benzene rings is 2. The average molecular weight is 362 g/mol. The van der Waals surface area contributed by atoms with E-state index >= 15 is 0 Å². The second-order valence-electron chi connectivity index (χ2n) is 7.34. The minimum atomic E-state index is 0.0190. The zero-order valence-electron chi connectivity index (χ0n) is 16.1. The SMILES string of the molecule is Cc1nc(-c2cccc(O)c2)n(CCc2ccccc2)c(=O)c1CC(C)C. The summed E-state index contributed by atoms with van der Waals surface area (Å²) in [6.45, 7) is 6.66. The fourth-order valence-electron chi connectivity index (χ4n) is 3.30.